The van der Waals surface area contributed by atoms with Crippen molar-refractivity contribution in [2.24, 2.45) is 5.92 Å². The van der Waals surface area contributed by atoms with Crippen molar-refractivity contribution in [2.75, 3.05) is 6.61 Å². The highest BCUT2D eigenvalue weighted by atomic mass is 32.1. The summed E-state index contributed by atoms with van der Waals surface area (Å²) >= 11 is 1.63. The van der Waals surface area contributed by atoms with Crippen molar-refractivity contribution in [3.8, 4) is 11.5 Å². The lowest BCUT2D eigenvalue weighted by Gasteiger charge is -2.07. The molecule has 0 aliphatic carbocycles. The third kappa shape index (κ3) is 2.96. The second-order valence-corrected chi connectivity index (χ2v) is 5.14. The van der Waals surface area contributed by atoms with E-state index in [1.165, 1.54) is 0 Å². The molecule has 1 N–H and O–H groups in total. The molecular formula is C13H17NO2S. The number of aromatic nitrogens is 1. The van der Waals surface area contributed by atoms with Crippen LogP contribution in [0.2, 0.25) is 0 Å². The molecule has 0 bridgehead atoms. The average Bonchev–Trinajstić information content (AvgIpc) is 2.94. The van der Waals surface area contributed by atoms with Gasteiger partial charge in [-0.1, -0.05) is 13.3 Å². The maximum absolute atomic E-state index is 9.17. The van der Waals surface area contributed by atoms with Crippen LogP contribution in [-0.4, -0.2) is 16.7 Å². The lowest BCUT2D eigenvalue weighted by molar-refractivity contribution is 0.222. The first kappa shape index (κ1) is 12.3. The first-order valence-corrected chi connectivity index (χ1v) is 6.73. The molecular weight excluding hydrogens is 234 g/mol. The average molecular weight is 251 g/mol. The van der Waals surface area contributed by atoms with Crippen LogP contribution in [0.1, 0.15) is 24.1 Å². The minimum absolute atomic E-state index is 0.227. The Morgan fingerprint density at radius 3 is 2.88 bits per heavy atom. The van der Waals surface area contributed by atoms with E-state index in [-0.39, 0.29) is 6.61 Å². The number of aliphatic hydroxyl groups is 1. The number of furan rings is 1. The van der Waals surface area contributed by atoms with Crippen LogP contribution in [-0.2, 0) is 6.42 Å². The molecule has 2 heterocycles. The summed E-state index contributed by atoms with van der Waals surface area (Å²) in [5.41, 5.74) is 0.894. The van der Waals surface area contributed by atoms with Gasteiger partial charge in [-0.25, -0.2) is 4.98 Å². The maximum atomic E-state index is 9.17. The van der Waals surface area contributed by atoms with Gasteiger partial charge in [-0.2, -0.15) is 0 Å². The molecule has 17 heavy (non-hydrogen) atoms. The smallest absolute Gasteiger partial charge is 0.153 e. The van der Waals surface area contributed by atoms with Gasteiger partial charge in [0.1, 0.15) is 11.5 Å². The highest BCUT2D eigenvalue weighted by Crippen LogP contribution is 2.25. The van der Waals surface area contributed by atoms with Gasteiger partial charge in [-0.05, 0) is 25.0 Å². The molecule has 0 aliphatic rings. The van der Waals surface area contributed by atoms with E-state index in [2.05, 4.69) is 11.9 Å². The Kier molecular flexibility index (Phi) is 3.97. The largest absolute Gasteiger partial charge is 0.460 e. The molecule has 2 rings (SSSR count). The number of aryl methyl sites for hydroxylation is 1. The van der Waals surface area contributed by atoms with Gasteiger partial charge in [0.25, 0.3) is 0 Å². The number of rotatable bonds is 5. The number of aliphatic hydroxyl groups excluding tert-OH is 1. The van der Waals surface area contributed by atoms with Crippen molar-refractivity contribution in [2.45, 2.75) is 26.7 Å². The first-order chi connectivity index (χ1) is 8.22. The summed E-state index contributed by atoms with van der Waals surface area (Å²) in [4.78, 5) is 4.54. The minimum atomic E-state index is 0.227. The van der Waals surface area contributed by atoms with Crippen molar-refractivity contribution in [1.82, 2.24) is 4.98 Å². The van der Waals surface area contributed by atoms with E-state index in [4.69, 9.17) is 4.42 Å². The van der Waals surface area contributed by atoms with E-state index in [0.29, 0.717) is 5.92 Å². The summed E-state index contributed by atoms with van der Waals surface area (Å²) < 4.78 is 5.54. The van der Waals surface area contributed by atoms with Crippen molar-refractivity contribution in [3.63, 3.8) is 0 Å². The predicted molar refractivity (Wildman–Crippen MR) is 69.1 cm³/mol. The van der Waals surface area contributed by atoms with Crippen LogP contribution in [0.15, 0.2) is 21.9 Å². The lowest BCUT2D eigenvalue weighted by Crippen LogP contribution is -2.07. The van der Waals surface area contributed by atoms with Crippen LogP contribution in [0.4, 0.5) is 0 Å². The zero-order chi connectivity index (χ0) is 12.3. The molecule has 0 amide bonds. The molecule has 0 spiro atoms. The Bertz CT molecular complexity index is 471. The molecule has 0 aliphatic heterocycles. The van der Waals surface area contributed by atoms with Gasteiger partial charge in [0.05, 0.1) is 5.01 Å². The van der Waals surface area contributed by atoms with E-state index < -0.39 is 0 Å². The number of hydrogen-bond donors (Lipinski definition) is 1. The third-order valence-corrected chi connectivity index (χ3v) is 3.71. The Hall–Kier alpha value is -1.13. The topological polar surface area (TPSA) is 46.3 Å². The Balaban J connectivity index is 2.10. The summed E-state index contributed by atoms with van der Waals surface area (Å²) in [5, 5.41) is 12.2. The summed E-state index contributed by atoms with van der Waals surface area (Å²) in [5.74, 6) is 2.03. The fraction of sp³-hybridized carbons (Fsp3) is 0.462. The lowest BCUT2D eigenvalue weighted by atomic mass is 10.0. The van der Waals surface area contributed by atoms with Crippen LogP contribution in [0.5, 0.6) is 0 Å². The van der Waals surface area contributed by atoms with E-state index in [1.54, 1.807) is 11.3 Å². The van der Waals surface area contributed by atoms with Crippen LogP contribution in [0.25, 0.3) is 11.5 Å². The number of thiazole rings is 1. The second kappa shape index (κ2) is 5.47. The second-order valence-electron chi connectivity index (χ2n) is 4.20. The molecule has 0 saturated carbocycles. The van der Waals surface area contributed by atoms with Gasteiger partial charge in [-0.3, -0.25) is 0 Å². The van der Waals surface area contributed by atoms with Crippen LogP contribution in [0, 0.1) is 12.8 Å². The summed E-state index contributed by atoms with van der Waals surface area (Å²) in [6.45, 7) is 4.24. The van der Waals surface area contributed by atoms with Crippen molar-refractivity contribution in [3.05, 3.63) is 28.3 Å². The predicted octanol–water partition coefficient (Wildman–Crippen LogP) is 3.27. The van der Waals surface area contributed by atoms with Gasteiger partial charge in [0.2, 0.25) is 0 Å². The van der Waals surface area contributed by atoms with Crippen molar-refractivity contribution in [1.29, 1.82) is 0 Å². The molecule has 0 saturated heterocycles. The Morgan fingerprint density at radius 2 is 2.29 bits per heavy atom. The van der Waals surface area contributed by atoms with Gasteiger partial charge >= 0.3 is 0 Å². The molecule has 92 valence electrons. The quantitative estimate of drug-likeness (QED) is 0.887. The third-order valence-electron chi connectivity index (χ3n) is 2.84. The van der Waals surface area contributed by atoms with Gasteiger partial charge in [-0.15, -0.1) is 11.3 Å². The van der Waals surface area contributed by atoms with Crippen LogP contribution < -0.4 is 0 Å². The SMILES string of the molecule is CCC(CO)Cc1nc(-c2ccc(C)o2)cs1. The highest BCUT2D eigenvalue weighted by Gasteiger charge is 2.11. The fourth-order valence-corrected chi connectivity index (χ4v) is 2.57. The van der Waals surface area contributed by atoms with E-state index in [1.807, 2.05) is 24.4 Å². The molecule has 0 fully saturated rings. The first-order valence-electron chi connectivity index (χ1n) is 5.85. The molecule has 1 unspecified atom stereocenters. The Morgan fingerprint density at radius 1 is 1.47 bits per heavy atom. The maximum Gasteiger partial charge on any atom is 0.153 e. The summed E-state index contributed by atoms with van der Waals surface area (Å²) in [7, 11) is 0. The van der Waals surface area contributed by atoms with Crippen molar-refractivity contribution >= 4 is 11.3 Å². The molecule has 3 nitrogen and oxygen atoms in total. The molecule has 0 aromatic carbocycles. The number of hydrogen-bond acceptors (Lipinski definition) is 4. The molecule has 4 heteroatoms. The minimum Gasteiger partial charge on any atom is -0.460 e. The monoisotopic (exact) mass is 251 g/mol. The zero-order valence-electron chi connectivity index (χ0n) is 10.1. The highest BCUT2D eigenvalue weighted by molar-refractivity contribution is 7.09. The summed E-state index contributed by atoms with van der Waals surface area (Å²) in [6.07, 6.45) is 1.82. The standard InChI is InChI=1S/C13H17NO2S/c1-3-10(7-15)6-13-14-11(8-17-13)12-5-4-9(2)16-12/h4-5,8,10,15H,3,6-7H2,1-2H3. The Labute approximate surface area is 105 Å². The zero-order valence-corrected chi connectivity index (χ0v) is 11.0. The fourth-order valence-electron chi connectivity index (χ4n) is 1.67. The van der Waals surface area contributed by atoms with E-state index in [9.17, 15) is 5.11 Å². The molecule has 2 aromatic heterocycles. The van der Waals surface area contributed by atoms with Crippen LogP contribution in [0.3, 0.4) is 0 Å². The van der Waals surface area contributed by atoms with Gasteiger partial charge < -0.3 is 9.52 Å². The number of nitrogens with zero attached hydrogens (tertiary/aromatic N) is 1. The molecule has 1 atom stereocenters. The van der Waals surface area contributed by atoms with Gasteiger partial charge in [0, 0.05) is 18.4 Å². The van der Waals surface area contributed by atoms with Crippen LogP contribution >= 0.6 is 11.3 Å². The van der Waals surface area contributed by atoms with Crippen molar-refractivity contribution < 1.29 is 9.52 Å². The molecule has 0 radical (unpaired) electrons. The van der Waals surface area contributed by atoms with E-state index in [0.717, 1.165) is 35.1 Å². The molecule has 2 aromatic rings. The normalized spacial score (nSPS) is 12.9. The van der Waals surface area contributed by atoms with Gasteiger partial charge in [0.15, 0.2) is 5.76 Å². The van der Waals surface area contributed by atoms with E-state index >= 15 is 0 Å². The summed E-state index contributed by atoms with van der Waals surface area (Å²) in [6, 6.07) is 3.88.